The molecule has 0 aliphatic carbocycles. The summed E-state index contributed by atoms with van der Waals surface area (Å²) >= 11 is 5.70. The molecule has 0 unspecified atom stereocenters. The summed E-state index contributed by atoms with van der Waals surface area (Å²) in [7, 11) is 1.30. The van der Waals surface area contributed by atoms with Crippen molar-refractivity contribution in [2.75, 3.05) is 7.11 Å². The summed E-state index contributed by atoms with van der Waals surface area (Å²) in [6.45, 7) is 3.91. The monoisotopic (exact) mass is 214 g/mol. The van der Waals surface area contributed by atoms with Gasteiger partial charge in [-0.1, -0.05) is 25.4 Å². The van der Waals surface area contributed by atoms with Gasteiger partial charge in [-0.15, -0.1) is 5.10 Å². The first-order valence-corrected chi connectivity index (χ1v) is 4.55. The number of hydrogen-bond acceptors (Lipinski definition) is 4. The molecule has 0 saturated heterocycles. The minimum Gasteiger partial charge on any atom is -0.465 e. The highest BCUT2D eigenvalue weighted by Gasteiger charge is 2.14. The average Bonchev–Trinajstić information content (AvgIpc) is 2.17. The Hall–Kier alpha value is -1.16. The maximum Gasteiger partial charge on any atom is 0.341 e. The number of methoxy groups -OCH3 is 1. The van der Waals surface area contributed by atoms with Gasteiger partial charge in [-0.2, -0.15) is 5.10 Å². The molecule has 0 fully saturated rings. The van der Waals surface area contributed by atoms with Gasteiger partial charge in [0.25, 0.3) is 0 Å². The lowest BCUT2D eigenvalue weighted by Crippen LogP contribution is -2.07. The fourth-order valence-corrected chi connectivity index (χ4v) is 1.10. The van der Waals surface area contributed by atoms with Crippen molar-refractivity contribution in [2.45, 2.75) is 19.8 Å². The van der Waals surface area contributed by atoms with Crippen LogP contribution in [0.1, 0.15) is 35.8 Å². The van der Waals surface area contributed by atoms with Gasteiger partial charge in [0.05, 0.1) is 12.8 Å². The lowest BCUT2D eigenvalue weighted by Gasteiger charge is -2.05. The Labute approximate surface area is 87.2 Å². The molecule has 76 valence electrons. The van der Waals surface area contributed by atoms with Crippen LogP contribution in [0.3, 0.4) is 0 Å². The zero-order valence-electron chi connectivity index (χ0n) is 8.24. The fourth-order valence-electron chi connectivity index (χ4n) is 0.927. The third-order valence-corrected chi connectivity index (χ3v) is 2.04. The zero-order valence-corrected chi connectivity index (χ0v) is 9.00. The summed E-state index contributed by atoms with van der Waals surface area (Å²) < 4.78 is 4.56. The quantitative estimate of drug-likeness (QED) is 0.707. The Morgan fingerprint density at radius 1 is 1.50 bits per heavy atom. The van der Waals surface area contributed by atoms with E-state index in [2.05, 4.69) is 14.9 Å². The highest BCUT2D eigenvalue weighted by Crippen LogP contribution is 2.18. The predicted octanol–water partition coefficient (Wildman–Crippen LogP) is 2.04. The molecule has 0 spiro atoms. The standard InChI is InChI=1S/C9H11ClN2O2/c1-5(2)7-4-6(9(13)14-3)8(10)12-11-7/h4-5H,1-3H3. The molecule has 0 saturated carbocycles. The van der Waals surface area contributed by atoms with Crippen LogP contribution in [0, 0.1) is 0 Å². The third-order valence-electron chi connectivity index (χ3n) is 1.76. The van der Waals surface area contributed by atoms with Crippen LogP contribution >= 0.6 is 11.6 Å². The molecular weight excluding hydrogens is 204 g/mol. The van der Waals surface area contributed by atoms with Crippen molar-refractivity contribution in [2.24, 2.45) is 0 Å². The molecule has 0 bridgehead atoms. The van der Waals surface area contributed by atoms with Crippen LogP contribution in [0.4, 0.5) is 0 Å². The molecule has 1 heterocycles. The Bertz CT molecular complexity index is 353. The number of carbonyl (C=O) groups is 1. The maximum atomic E-state index is 11.2. The molecule has 0 radical (unpaired) electrons. The van der Waals surface area contributed by atoms with E-state index in [4.69, 9.17) is 11.6 Å². The van der Waals surface area contributed by atoms with Crippen LogP contribution in [0.15, 0.2) is 6.07 Å². The van der Waals surface area contributed by atoms with Crippen LogP contribution in [0.2, 0.25) is 5.15 Å². The molecule has 1 aromatic heterocycles. The van der Waals surface area contributed by atoms with Gasteiger partial charge in [0, 0.05) is 0 Å². The number of rotatable bonds is 2. The minimum absolute atomic E-state index is 0.0706. The van der Waals surface area contributed by atoms with Gasteiger partial charge in [0.2, 0.25) is 0 Å². The molecule has 14 heavy (non-hydrogen) atoms. The van der Waals surface area contributed by atoms with Crippen molar-refractivity contribution in [3.05, 3.63) is 22.5 Å². The largest absolute Gasteiger partial charge is 0.465 e. The molecule has 0 atom stereocenters. The fraction of sp³-hybridized carbons (Fsp3) is 0.444. The SMILES string of the molecule is COC(=O)c1cc(C(C)C)nnc1Cl. The summed E-state index contributed by atoms with van der Waals surface area (Å²) in [4.78, 5) is 11.2. The predicted molar refractivity (Wildman–Crippen MR) is 52.5 cm³/mol. The number of aromatic nitrogens is 2. The van der Waals surface area contributed by atoms with E-state index in [1.807, 2.05) is 13.8 Å². The Balaban J connectivity index is 3.15. The van der Waals surface area contributed by atoms with Crippen molar-refractivity contribution in [3.63, 3.8) is 0 Å². The minimum atomic E-state index is -0.494. The van der Waals surface area contributed by atoms with E-state index in [9.17, 15) is 4.79 Å². The van der Waals surface area contributed by atoms with Crippen molar-refractivity contribution >= 4 is 17.6 Å². The molecule has 0 amide bonds. The second kappa shape index (κ2) is 4.37. The number of halogens is 1. The van der Waals surface area contributed by atoms with Crippen molar-refractivity contribution in [1.82, 2.24) is 10.2 Å². The number of carbonyl (C=O) groups excluding carboxylic acids is 1. The summed E-state index contributed by atoms with van der Waals surface area (Å²) in [6.07, 6.45) is 0. The zero-order chi connectivity index (χ0) is 10.7. The molecule has 0 aliphatic rings. The average molecular weight is 215 g/mol. The first kappa shape index (κ1) is 10.9. The molecule has 1 rings (SSSR count). The summed E-state index contributed by atoms with van der Waals surface area (Å²) in [6, 6.07) is 1.60. The van der Waals surface area contributed by atoms with E-state index < -0.39 is 5.97 Å². The van der Waals surface area contributed by atoms with Gasteiger partial charge in [-0.05, 0) is 12.0 Å². The summed E-state index contributed by atoms with van der Waals surface area (Å²) in [5, 5.41) is 7.62. The van der Waals surface area contributed by atoms with Crippen LogP contribution in [-0.4, -0.2) is 23.3 Å². The van der Waals surface area contributed by atoms with Crippen molar-refractivity contribution in [1.29, 1.82) is 0 Å². The second-order valence-electron chi connectivity index (χ2n) is 3.12. The Kier molecular flexibility index (Phi) is 3.41. The van der Waals surface area contributed by atoms with Crippen LogP contribution in [0.25, 0.3) is 0 Å². The van der Waals surface area contributed by atoms with Gasteiger partial charge in [0.15, 0.2) is 5.15 Å². The van der Waals surface area contributed by atoms with Gasteiger partial charge >= 0.3 is 5.97 Å². The molecule has 5 heteroatoms. The van der Waals surface area contributed by atoms with Crippen LogP contribution < -0.4 is 0 Å². The van der Waals surface area contributed by atoms with Gasteiger partial charge in [-0.3, -0.25) is 0 Å². The maximum absolute atomic E-state index is 11.2. The Morgan fingerprint density at radius 2 is 2.14 bits per heavy atom. The van der Waals surface area contributed by atoms with E-state index in [1.54, 1.807) is 6.07 Å². The Morgan fingerprint density at radius 3 is 2.64 bits per heavy atom. The van der Waals surface area contributed by atoms with Gasteiger partial charge in [0.1, 0.15) is 5.56 Å². The molecule has 4 nitrogen and oxygen atoms in total. The van der Waals surface area contributed by atoms with Gasteiger partial charge < -0.3 is 4.74 Å². The van der Waals surface area contributed by atoms with E-state index in [0.717, 1.165) is 5.69 Å². The van der Waals surface area contributed by atoms with Crippen LogP contribution in [0.5, 0.6) is 0 Å². The van der Waals surface area contributed by atoms with E-state index in [-0.39, 0.29) is 16.6 Å². The first-order chi connectivity index (χ1) is 6.56. The smallest absolute Gasteiger partial charge is 0.341 e. The molecule has 0 aromatic carbocycles. The van der Waals surface area contributed by atoms with Crippen LogP contribution in [-0.2, 0) is 4.74 Å². The lowest BCUT2D eigenvalue weighted by atomic mass is 10.1. The highest BCUT2D eigenvalue weighted by molar-refractivity contribution is 6.32. The van der Waals surface area contributed by atoms with Gasteiger partial charge in [-0.25, -0.2) is 4.79 Å². The molecule has 0 N–H and O–H groups in total. The summed E-state index contributed by atoms with van der Waals surface area (Å²) in [5.41, 5.74) is 0.975. The number of esters is 1. The lowest BCUT2D eigenvalue weighted by molar-refractivity contribution is 0.0600. The highest BCUT2D eigenvalue weighted by atomic mass is 35.5. The number of ether oxygens (including phenoxy) is 1. The van der Waals surface area contributed by atoms with E-state index in [0.29, 0.717) is 0 Å². The molecule has 1 aromatic rings. The third kappa shape index (κ3) is 2.20. The molecular formula is C9H11ClN2O2. The number of hydrogen-bond donors (Lipinski definition) is 0. The normalized spacial score (nSPS) is 10.4. The second-order valence-corrected chi connectivity index (χ2v) is 3.48. The topological polar surface area (TPSA) is 52.1 Å². The van der Waals surface area contributed by atoms with Crippen molar-refractivity contribution < 1.29 is 9.53 Å². The van der Waals surface area contributed by atoms with E-state index in [1.165, 1.54) is 7.11 Å². The number of nitrogens with zero attached hydrogens (tertiary/aromatic N) is 2. The first-order valence-electron chi connectivity index (χ1n) is 4.17. The van der Waals surface area contributed by atoms with Crippen molar-refractivity contribution in [3.8, 4) is 0 Å². The van der Waals surface area contributed by atoms with E-state index >= 15 is 0 Å². The summed E-state index contributed by atoms with van der Waals surface area (Å²) in [5.74, 6) is -0.296. The molecule has 0 aliphatic heterocycles.